The number of nitrogens with two attached hydrogens (primary N) is 1. The zero-order chi connectivity index (χ0) is 19.2. The maximum atomic E-state index is 14.4. The number of hydrogen-bond acceptors (Lipinski definition) is 6. The van der Waals surface area contributed by atoms with Gasteiger partial charge in [0.05, 0.1) is 6.61 Å². The zero-order valence-electron chi connectivity index (χ0n) is 15.0. The first-order chi connectivity index (χ1) is 11.3. The second-order valence-corrected chi connectivity index (χ2v) is 12.6. The van der Waals surface area contributed by atoms with Crippen LogP contribution >= 0.6 is 0 Å². The Morgan fingerprint density at radius 1 is 1.48 bits per heavy atom. The number of hydrogen-bond donors (Lipinski definition) is 2. The first-order valence-electron chi connectivity index (χ1n) is 7.97. The van der Waals surface area contributed by atoms with Crippen molar-refractivity contribution in [2.75, 3.05) is 12.3 Å². The van der Waals surface area contributed by atoms with E-state index < -0.39 is 38.4 Å². The summed E-state index contributed by atoms with van der Waals surface area (Å²) in [6.45, 7) is 9.81. The summed E-state index contributed by atoms with van der Waals surface area (Å²) in [7, 11) is -2.20. The van der Waals surface area contributed by atoms with E-state index in [4.69, 9.17) is 14.9 Å². The summed E-state index contributed by atoms with van der Waals surface area (Å²) < 4.78 is 40.7. The molecule has 0 aromatic carbocycles. The summed E-state index contributed by atoms with van der Waals surface area (Å²) in [5, 5.41) is 9.88. The summed E-state index contributed by atoms with van der Waals surface area (Å²) in [5.74, 6) is -3.75. The monoisotopic (exact) mass is 377 g/mol. The minimum absolute atomic E-state index is 0.0825. The maximum Gasteiger partial charge on any atom is 0.351 e. The Kier molecular flexibility index (Phi) is 5.12. The van der Waals surface area contributed by atoms with Crippen LogP contribution in [0.15, 0.2) is 17.1 Å². The lowest BCUT2D eigenvalue weighted by Crippen LogP contribution is -2.45. The van der Waals surface area contributed by atoms with Gasteiger partial charge in [0.2, 0.25) is 6.23 Å². The van der Waals surface area contributed by atoms with Gasteiger partial charge in [-0.3, -0.25) is 4.57 Å². The number of alkyl halides is 2. The predicted molar refractivity (Wildman–Crippen MR) is 90.9 cm³/mol. The summed E-state index contributed by atoms with van der Waals surface area (Å²) >= 11 is 0. The highest BCUT2D eigenvalue weighted by Gasteiger charge is 2.60. The van der Waals surface area contributed by atoms with Crippen LogP contribution in [0.2, 0.25) is 18.1 Å². The smallest absolute Gasteiger partial charge is 0.351 e. The number of anilines is 1. The van der Waals surface area contributed by atoms with Crippen molar-refractivity contribution >= 4 is 14.1 Å². The molecule has 142 valence electrons. The lowest BCUT2D eigenvalue weighted by atomic mass is 10.1. The molecular formula is C15H25F2N3O4Si. The number of ether oxygens (including phenoxy) is 1. The van der Waals surface area contributed by atoms with Crippen LogP contribution < -0.4 is 11.4 Å². The average Bonchev–Trinajstić information content (AvgIpc) is 2.67. The van der Waals surface area contributed by atoms with Crippen LogP contribution in [-0.2, 0) is 9.16 Å². The van der Waals surface area contributed by atoms with Gasteiger partial charge in [-0.15, -0.1) is 0 Å². The van der Waals surface area contributed by atoms with Crippen molar-refractivity contribution in [1.29, 1.82) is 0 Å². The minimum atomic E-state index is -3.66. The SMILES string of the molecule is CC(C)(C)[Si](C)(C)OC[C@H]1O[C@@H](n2ccc(N)nc2=O)C(F)(F)C1O. The summed E-state index contributed by atoms with van der Waals surface area (Å²) in [4.78, 5) is 15.2. The second kappa shape index (κ2) is 6.42. The molecule has 1 unspecified atom stereocenters. The lowest BCUT2D eigenvalue weighted by Gasteiger charge is -2.37. The molecule has 2 rings (SSSR count). The van der Waals surface area contributed by atoms with Gasteiger partial charge in [-0.05, 0) is 24.2 Å². The van der Waals surface area contributed by atoms with E-state index in [0.717, 1.165) is 6.20 Å². The Balaban J connectivity index is 2.21. The van der Waals surface area contributed by atoms with E-state index in [1.165, 1.54) is 6.07 Å². The molecule has 10 heteroatoms. The van der Waals surface area contributed by atoms with E-state index in [1.807, 2.05) is 33.9 Å². The highest BCUT2D eigenvalue weighted by Crippen LogP contribution is 2.43. The average molecular weight is 377 g/mol. The fraction of sp³-hybridized carbons (Fsp3) is 0.733. The molecule has 1 fully saturated rings. The van der Waals surface area contributed by atoms with Crippen LogP contribution in [0.1, 0.15) is 27.0 Å². The van der Waals surface area contributed by atoms with Gasteiger partial charge >= 0.3 is 11.6 Å². The summed E-state index contributed by atoms with van der Waals surface area (Å²) in [6, 6.07) is 1.21. The molecular weight excluding hydrogens is 352 g/mol. The number of aliphatic hydroxyl groups excluding tert-OH is 1. The Morgan fingerprint density at radius 2 is 2.08 bits per heavy atom. The Hall–Kier alpha value is -1.36. The lowest BCUT2D eigenvalue weighted by molar-refractivity contribution is -0.140. The van der Waals surface area contributed by atoms with Gasteiger partial charge in [0.1, 0.15) is 11.9 Å². The van der Waals surface area contributed by atoms with E-state index in [2.05, 4.69) is 4.98 Å². The molecule has 0 aliphatic carbocycles. The van der Waals surface area contributed by atoms with Gasteiger partial charge in [0.25, 0.3) is 0 Å². The van der Waals surface area contributed by atoms with Crippen molar-refractivity contribution in [3.8, 4) is 0 Å². The second-order valence-electron chi connectivity index (χ2n) is 7.76. The molecule has 0 amide bonds. The molecule has 3 atom stereocenters. The van der Waals surface area contributed by atoms with E-state index in [-0.39, 0.29) is 17.5 Å². The molecule has 1 aliphatic heterocycles. The molecule has 0 radical (unpaired) electrons. The van der Waals surface area contributed by atoms with Crippen LogP contribution in [0.5, 0.6) is 0 Å². The standard InChI is InChI=1S/C15H25F2N3O4Si/c1-14(2,3)25(4,5)23-8-9-11(21)15(16,17)12(24-9)20-7-6-10(18)19-13(20)22/h6-7,9,11-12,21H,8H2,1-5H3,(H2,18,19,22)/t9-,11?,12-/m1/s1. The molecule has 0 bridgehead atoms. The van der Waals surface area contributed by atoms with E-state index >= 15 is 0 Å². The molecule has 7 nitrogen and oxygen atoms in total. The highest BCUT2D eigenvalue weighted by atomic mass is 28.4. The number of nitrogen functional groups attached to an aromatic ring is 1. The fourth-order valence-corrected chi connectivity index (χ4v) is 3.23. The molecule has 1 aliphatic rings. The molecule has 25 heavy (non-hydrogen) atoms. The molecule has 0 saturated carbocycles. The van der Waals surface area contributed by atoms with Crippen LogP contribution in [0.4, 0.5) is 14.6 Å². The normalized spacial score (nSPS) is 26.8. The van der Waals surface area contributed by atoms with Gasteiger partial charge in [-0.1, -0.05) is 20.8 Å². The Labute approximate surface area is 145 Å². The van der Waals surface area contributed by atoms with Crippen molar-refractivity contribution in [3.05, 3.63) is 22.7 Å². The van der Waals surface area contributed by atoms with Crippen LogP contribution in [-0.4, -0.2) is 47.7 Å². The summed E-state index contributed by atoms with van der Waals surface area (Å²) in [6.07, 6.45) is -4.23. The number of nitrogens with zero attached hydrogens (tertiary/aromatic N) is 2. The zero-order valence-corrected chi connectivity index (χ0v) is 16.0. The first kappa shape index (κ1) is 20.0. The van der Waals surface area contributed by atoms with Crippen molar-refractivity contribution in [1.82, 2.24) is 9.55 Å². The van der Waals surface area contributed by atoms with E-state index in [1.54, 1.807) is 0 Å². The largest absolute Gasteiger partial charge is 0.414 e. The first-order valence-corrected chi connectivity index (χ1v) is 10.9. The fourth-order valence-electron chi connectivity index (χ4n) is 2.22. The number of halogens is 2. The number of rotatable bonds is 4. The van der Waals surface area contributed by atoms with Crippen molar-refractivity contribution in [3.63, 3.8) is 0 Å². The Bertz CT molecular complexity index is 690. The summed E-state index contributed by atoms with van der Waals surface area (Å²) in [5.41, 5.74) is 4.40. The topological polar surface area (TPSA) is 99.6 Å². The minimum Gasteiger partial charge on any atom is -0.414 e. The van der Waals surface area contributed by atoms with Crippen molar-refractivity contribution in [2.45, 2.75) is 63.3 Å². The molecule has 1 aromatic rings. The van der Waals surface area contributed by atoms with E-state index in [0.29, 0.717) is 4.57 Å². The molecule has 0 spiro atoms. The van der Waals surface area contributed by atoms with Crippen molar-refractivity contribution < 1.29 is 23.1 Å². The third-order valence-corrected chi connectivity index (χ3v) is 9.40. The van der Waals surface area contributed by atoms with Gasteiger partial charge in [-0.2, -0.15) is 13.8 Å². The number of aromatic nitrogens is 2. The van der Waals surface area contributed by atoms with E-state index in [9.17, 15) is 18.7 Å². The van der Waals surface area contributed by atoms with Gasteiger partial charge in [0, 0.05) is 6.20 Å². The van der Waals surface area contributed by atoms with Crippen LogP contribution in [0, 0.1) is 0 Å². The molecule has 1 saturated heterocycles. The van der Waals surface area contributed by atoms with Gasteiger partial charge in [0.15, 0.2) is 14.4 Å². The van der Waals surface area contributed by atoms with Crippen LogP contribution in [0.25, 0.3) is 0 Å². The third kappa shape index (κ3) is 3.76. The third-order valence-electron chi connectivity index (χ3n) is 4.90. The quantitative estimate of drug-likeness (QED) is 0.776. The maximum absolute atomic E-state index is 14.4. The number of aliphatic hydroxyl groups is 1. The van der Waals surface area contributed by atoms with Gasteiger partial charge in [-0.25, -0.2) is 4.79 Å². The Morgan fingerprint density at radius 3 is 2.60 bits per heavy atom. The highest BCUT2D eigenvalue weighted by molar-refractivity contribution is 6.74. The molecule has 2 heterocycles. The molecule has 3 N–H and O–H groups in total. The molecule has 1 aromatic heterocycles. The van der Waals surface area contributed by atoms with Crippen molar-refractivity contribution in [2.24, 2.45) is 0 Å². The predicted octanol–water partition coefficient (Wildman–Crippen LogP) is 1.74. The van der Waals surface area contributed by atoms with Crippen LogP contribution in [0.3, 0.4) is 0 Å². The van der Waals surface area contributed by atoms with Gasteiger partial charge < -0.3 is 20.0 Å².